The van der Waals surface area contributed by atoms with E-state index in [1.54, 1.807) is 6.07 Å². The molecule has 0 aliphatic heterocycles. The van der Waals surface area contributed by atoms with Crippen LogP contribution in [0.15, 0.2) is 22.7 Å². The molecule has 0 heterocycles. The number of Topliss-reactive ketones (excluding diaryl/α,β-unsaturated/α-hetero) is 1. The topological polar surface area (TPSA) is 29.1 Å². The Kier molecular flexibility index (Phi) is 6.97. The van der Waals surface area contributed by atoms with E-state index in [2.05, 4.69) is 21.2 Å². The van der Waals surface area contributed by atoms with Crippen LogP contribution in [0.4, 0.5) is 10.1 Å². The van der Waals surface area contributed by atoms with E-state index in [-0.39, 0.29) is 11.6 Å². The minimum Gasteiger partial charge on any atom is -0.383 e. The molecule has 1 rings (SSSR count). The van der Waals surface area contributed by atoms with Gasteiger partial charge in [0, 0.05) is 11.7 Å². The number of carbonyl (C=O) groups is 1. The summed E-state index contributed by atoms with van der Waals surface area (Å²) >= 11 is 3.09. The number of carbonyl (C=O) groups excluding carboxylic acids is 1. The van der Waals surface area contributed by atoms with Crippen molar-refractivity contribution in [2.45, 2.75) is 33.7 Å². The standard InChI is InChI=1S/C9H11BrFN.C3H6O/c1-6(2)12-7-3-4-8(10)9(11)5-7;1-3(2)4/h3-6,12H,1-2H3;1-2H3. The van der Waals surface area contributed by atoms with Crippen molar-refractivity contribution >= 4 is 27.4 Å². The maximum absolute atomic E-state index is 12.9. The predicted molar refractivity (Wildman–Crippen MR) is 69.2 cm³/mol. The van der Waals surface area contributed by atoms with Gasteiger partial charge in [0.1, 0.15) is 11.6 Å². The number of hydrogen-bond donors (Lipinski definition) is 1. The van der Waals surface area contributed by atoms with E-state index in [1.165, 1.54) is 19.9 Å². The summed E-state index contributed by atoms with van der Waals surface area (Å²) in [5.74, 6) is -0.0688. The van der Waals surface area contributed by atoms with Gasteiger partial charge in [-0.2, -0.15) is 0 Å². The molecule has 1 N–H and O–H groups in total. The van der Waals surface area contributed by atoms with Crippen molar-refractivity contribution in [1.82, 2.24) is 0 Å². The van der Waals surface area contributed by atoms with E-state index in [0.29, 0.717) is 10.5 Å². The van der Waals surface area contributed by atoms with Gasteiger partial charge in [-0.3, -0.25) is 0 Å². The molecule has 0 unspecified atom stereocenters. The van der Waals surface area contributed by atoms with Crippen LogP contribution >= 0.6 is 15.9 Å². The van der Waals surface area contributed by atoms with Gasteiger partial charge in [-0.05, 0) is 61.8 Å². The number of halogens is 2. The average Bonchev–Trinajstić information content (AvgIpc) is 2.09. The highest BCUT2D eigenvalue weighted by Gasteiger charge is 2.00. The van der Waals surface area contributed by atoms with Gasteiger partial charge in [-0.15, -0.1) is 0 Å². The molecule has 0 saturated carbocycles. The Morgan fingerprint density at radius 2 is 1.88 bits per heavy atom. The lowest BCUT2D eigenvalue weighted by atomic mass is 10.3. The lowest BCUT2D eigenvalue weighted by Gasteiger charge is -2.09. The van der Waals surface area contributed by atoms with Crippen molar-refractivity contribution in [3.63, 3.8) is 0 Å². The molecule has 0 amide bonds. The Morgan fingerprint density at radius 3 is 2.25 bits per heavy atom. The Hall–Kier alpha value is -0.900. The van der Waals surface area contributed by atoms with Crippen LogP contribution in [-0.2, 0) is 4.79 Å². The molecule has 2 nitrogen and oxygen atoms in total. The molecule has 0 bridgehead atoms. The molecular formula is C12H17BrFNO. The van der Waals surface area contributed by atoms with Crippen molar-refractivity contribution in [3.05, 3.63) is 28.5 Å². The zero-order valence-corrected chi connectivity index (χ0v) is 11.6. The summed E-state index contributed by atoms with van der Waals surface area (Å²) < 4.78 is 13.4. The fourth-order valence-electron chi connectivity index (χ4n) is 0.919. The predicted octanol–water partition coefficient (Wildman–Crippen LogP) is 4.00. The molecule has 0 aromatic heterocycles. The van der Waals surface area contributed by atoms with Gasteiger partial charge in [0.15, 0.2) is 0 Å². The van der Waals surface area contributed by atoms with Gasteiger partial charge in [0.05, 0.1) is 4.47 Å². The van der Waals surface area contributed by atoms with Crippen LogP contribution < -0.4 is 5.32 Å². The van der Waals surface area contributed by atoms with Gasteiger partial charge >= 0.3 is 0 Å². The minimum atomic E-state index is -0.236. The maximum atomic E-state index is 12.9. The highest BCUT2D eigenvalue weighted by Crippen LogP contribution is 2.19. The zero-order valence-electron chi connectivity index (χ0n) is 9.97. The van der Waals surface area contributed by atoms with Crippen LogP contribution in [0.25, 0.3) is 0 Å². The minimum absolute atomic E-state index is 0.167. The van der Waals surface area contributed by atoms with Crippen molar-refractivity contribution in [2.24, 2.45) is 0 Å². The number of benzene rings is 1. The third-order valence-corrected chi connectivity index (χ3v) is 2.02. The van der Waals surface area contributed by atoms with E-state index in [9.17, 15) is 9.18 Å². The van der Waals surface area contributed by atoms with Gasteiger partial charge in [-0.25, -0.2) is 4.39 Å². The zero-order chi connectivity index (χ0) is 12.7. The van der Waals surface area contributed by atoms with Crippen molar-refractivity contribution in [3.8, 4) is 0 Å². The number of rotatable bonds is 2. The molecule has 1 aromatic rings. The van der Waals surface area contributed by atoms with Crippen LogP contribution in [0.1, 0.15) is 27.7 Å². The molecule has 16 heavy (non-hydrogen) atoms. The van der Waals surface area contributed by atoms with Gasteiger partial charge in [0.2, 0.25) is 0 Å². The van der Waals surface area contributed by atoms with E-state index >= 15 is 0 Å². The fraction of sp³-hybridized carbons (Fsp3) is 0.417. The lowest BCUT2D eigenvalue weighted by Crippen LogP contribution is -2.09. The normalized spacial score (nSPS) is 9.44. The summed E-state index contributed by atoms with van der Waals surface area (Å²) in [6.07, 6.45) is 0. The second kappa shape index (κ2) is 7.39. The second-order valence-electron chi connectivity index (χ2n) is 3.84. The molecule has 0 aliphatic carbocycles. The molecule has 0 saturated heterocycles. The number of nitrogens with one attached hydrogen (secondary N) is 1. The quantitative estimate of drug-likeness (QED) is 0.891. The van der Waals surface area contributed by atoms with Crippen molar-refractivity contribution in [2.75, 3.05) is 5.32 Å². The first-order chi connectivity index (χ1) is 7.32. The summed E-state index contributed by atoms with van der Waals surface area (Å²) in [6.45, 7) is 7.08. The van der Waals surface area contributed by atoms with Gasteiger partial charge < -0.3 is 10.1 Å². The first-order valence-electron chi connectivity index (χ1n) is 5.01. The van der Waals surface area contributed by atoms with Crippen molar-refractivity contribution in [1.29, 1.82) is 0 Å². The second-order valence-corrected chi connectivity index (χ2v) is 4.69. The summed E-state index contributed by atoms with van der Waals surface area (Å²) in [4.78, 5) is 9.44. The number of hydrogen-bond acceptors (Lipinski definition) is 2. The molecule has 0 atom stereocenters. The monoisotopic (exact) mass is 289 g/mol. The molecular weight excluding hydrogens is 273 g/mol. The van der Waals surface area contributed by atoms with Crippen LogP contribution in [0.2, 0.25) is 0 Å². The smallest absolute Gasteiger partial charge is 0.139 e. The Morgan fingerprint density at radius 1 is 1.38 bits per heavy atom. The lowest BCUT2D eigenvalue weighted by molar-refractivity contribution is -0.114. The molecule has 0 radical (unpaired) electrons. The summed E-state index contributed by atoms with van der Waals surface area (Å²) in [5, 5.41) is 3.11. The van der Waals surface area contributed by atoms with E-state index < -0.39 is 0 Å². The summed E-state index contributed by atoms with van der Waals surface area (Å²) in [6, 6.07) is 5.34. The third-order valence-electron chi connectivity index (χ3n) is 1.37. The SMILES string of the molecule is CC(C)=O.CC(C)Nc1ccc(Br)c(F)c1. The van der Waals surface area contributed by atoms with E-state index in [4.69, 9.17) is 0 Å². The fourth-order valence-corrected chi connectivity index (χ4v) is 1.17. The summed E-state index contributed by atoms with van der Waals surface area (Å²) in [7, 11) is 0. The van der Waals surface area contributed by atoms with Gasteiger partial charge in [-0.1, -0.05) is 0 Å². The van der Waals surface area contributed by atoms with E-state index in [1.807, 2.05) is 19.9 Å². The third kappa shape index (κ3) is 7.40. The van der Waals surface area contributed by atoms with Crippen LogP contribution in [0.3, 0.4) is 0 Å². The number of anilines is 1. The van der Waals surface area contributed by atoms with Crippen molar-refractivity contribution < 1.29 is 9.18 Å². The molecule has 0 spiro atoms. The summed E-state index contributed by atoms with van der Waals surface area (Å²) in [5.41, 5.74) is 0.811. The molecule has 90 valence electrons. The first-order valence-corrected chi connectivity index (χ1v) is 5.81. The van der Waals surface area contributed by atoms with Crippen LogP contribution in [-0.4, -0.2) is 11.8 Å². The highest BCUT2D eigenvalue weighted by molar-refractivity contribution is 9.10. The molecule has 1 aromatic carbocycles. The first kappa shape index (κ1) is 15.1. The highest BCUT2D eigenvalue weighted by atomic mass is 79.9. The molecule has 0 fully saturated rings. The van der Waals surface area contributed by atoms with Crippen LogP contribution in [0.5, 0.6) is 0 Å². The van der Waals surface area contributed by atoms with E-state index in [0.717, 1.165) is 5.69 Å². The van der Waals surface area contributed by atoms with Gasteiger partial charge in [0.25, 0.3) is 0 Å². The largest absolute Gasteiger partial charge is 0.383 e. The Bertz CT molecular complexity index is 349. The molecule has 4 heteroatoms. The van der Waals surface area contributed by atoms with Crippen LogP contribution in [0, 0.1) is 5.82 Å². The molecule has 0 aliphatic rings. The Balaban J connectivity index is 0.000000487. The average molecular weight is 290 g/mol. The Labute approximate surface area is 104 Å². The maximum Gasteiger partial charge on any atom is 0.139 e. The number of ketones is 1.